The van der Waals surface area contributed by atoms with Crippen LogP contribution in [0.2, 0.25) is 10.3 Å². The molecule has 0 fully saturated rings. The van der Waals surface area contributed by atoms with Gasteiger partial charge in [-0.05, 0) is 18.0 Å². The number of nitrogens with one attached hydrogen (secondary N) is 1. The van der Waals surface area contributed by atoms with Crippen molar-refractivity contribution in [2.45, 2.75) is 12.5 Å². The number of halogens is 2. The summed E-state index contributed by atoms with van der Waals surface area (Å²) in [5, 5.41) is 12.9. The Morgan fingerprint density at radius 1 is 1.56 bits per heavy atom. The van der Waals surface area contributed by atoms with Crippen LogP contribution in [0.1, 0.15) is 6.42 Å². The summed E-state index contributed by atoms with van der Waals surface area (Å²) >= 11 is 11.5. The zero-order chi connectivity index (χ0) is 12.0. The van der Waals surface area contributed by atoms with Crippen molar-refractivity contribution < 1.29 is 9.84 Å². The molecule has 0 aliphatic heterocycles. The maximum atomic E-state index is 9.39. The molecule has 1 atom stereocenters. The highest BCUT2D eigenvalue weighted by Crippen LogP contribution is 2.19. The molecule has 90 valence electrons. The van der Waals surface area contributed by atoms with Crippen molar-refractivity contribution in [3.05, 3.63) is 16.5 Å². The average molecular weight is 266 g/mol. The predicted octanol–water partition coefficient (Wildman–Crippen LogP) is 1.59. The van der Waals surface area contributed by atoms with E-state index in [0.29, 0.717) is 30.4 Å². The molecule has 1 heterocycles. The summed E-state index contributed by atoms with van der Waals surface area (Å²) in [5.74, 6) is 0.464. The average Bonchev–Trinajstić information content (AvgIpc) is 2.23. The molecule has 5 nitrogen and oxygen atoms in total. The lowest BCUT2D eigenvalue weighted by molar-refractivity contribution is 0.0615. The van der Waals surface area contributed by atoms with E-state index in [1.807, 2.05) is 0 Å². The largest absolute Gasteiger partial charge is 0.391 e. The van der Waals surface area contributed by atoms with Gasteiger partial charge >= 0.3 is 0 Å². The number of nitrogens with zero attached hydrogens (tertiary/aromatic N) is 2. The Balaban J connectivity index is 2.39. The first-order chi connectivity index (χ1) is 7.63. The van der Waals surface area contributed by atoms with Crippen LogP contribution in [0.3, 0.4) is 0 Å². The van der Waals surface area contributed by atoms with Gasteiger partial charge in [0.2, 0.25) is 5.28 Å². The second-order valence-corrected chi connectivity index (χ2v) is 3.91. The number of aliphatic hydroxyl groups excluding tert-OH is 1. The third-order valence-electron chi connectivity index (χ3n) is 1.84. The fraction of sp³-hybridized carbons (Fsp3) is 0.556. The fourth-order valence-corrected chi connectivity index (χ4v) is 1.39. The molecule has 0 aromatic carbocycles. The summed E-state index contributed by atoms with van der Waals surface area (Å²) in [7, 11) is 1.54. The van der Waals surface area contributed by atoms with Crippen LogP contribution in [0, 0.1) is 0 Å². The van der Waals surface area contributed by atoms with Crippen LogP contribution in [-0.4, -0.2) is 41.4 Å². The van der Waals surface area contributed by atoms with E-state index in [1.54, 1.807) is 0 Å². The van der Waals surface area contributed by atoms with Gasteiger partial charge in [-0.2, -0.15) is 4.98 Å². The molecule has 0 aliphatic carbocycles. The molecule has 0 radical (unpaired) electrons. The van der Waals surface area contributed by atoms with Crippen LogP contribution in [-0.2, 0) is 4.74 Å². The molecule has 16 heavy (non-hydrogen) atoms. The van der Waals surface area contributed by atoms with E-state index in [0.717, 1.165) is 0 Å². The van der Waals surface area contributed by atoms with Gasteiger partial charge in [0.05, 0.1) is 18.9 Å². The molecule has 7 heteroatoms. The number of methoxy groups -OCH3 is 1. The van der Waals surface area contributed by atoms with Crippen LogP contribution in [0.5, 0.6) is 0 Å². The number of ether oxygens (including phenoxy) is 1. The Bertz CT molecular complexity index is 339. The summed E-state index contributed by atoms with van der Waals surface area (Å²) in [6.45, 7) is 0.831. The summed E-state index contributed by atoms with van der Waals surface area (Å²) in [4.78, 5) is 7.64. The van der Waals surface area contributed by atoms with E-state index in [2.05, 4.69) is 15.3 Å². The quantitative estimate of drug-likeness (QED) is 0.765. The lowest BCUT2D eigenvalue weighted by Crippen LogP contribution is -2.18. The van der Waals surface area contributed by atoms with Crippen molar-refractivity contribution in [2.75, 3.05) is 25.6 Å². The van der Waals surface area contributed by atoms with Gasteiger partial charge in [0, 0.05) is 13.7 Å². The first-order valence-corrected chi connectivity index (χ1v) is 5.48. The summed E-state index contributed by atoms with van der Waals surface area (Å²) in [5.41, 5.74) is 0. The number of hydrogen-bond acceptors (Lipinski definition) is 5. The summed E-state index contributed by atoms with van der Waals surface area (Å²) < 4.78 is 4.80. The van der Waals surface area contributed by atoms with E-state index in [4.69, 9.17) is 27.9 Å². The Morgan fingerprint density at radius 2 is 2.31 bits per heavy atom. The molecule has 1 aromatic heterocycles. The normalized spacial score (nSPS) is 12.5. The van der Waals surface area contributed by atoms with Crippen LogP contribution < -0.4 is 5.32 Å². The minimum absolute atomic E-state index is 0.129. The lowest BCUT2D eigenvalue weighted by Gasteiger charge is -2.11. The number of aromatic nitrogens is 2. The van der Waals surface area contributed by atoms with Crippen molar-refractivity contribution in [1.82, 2.24) is 9.97 Å². The molecule has 0 aliphatic rings. The van der Waals surface area contributed by atoms with E-state index in [-0.39, 0.29) is 5.28 Å². The van der Waals surface area contributed by atoms with E-state index in [1.165, 1.54) is 13.3 Å². The first kappa shape index (κ1) is 13.4. The standard InChI is InChI=1S/C9H13Cl2N3O2/c1-16-5-6(15)2-3-12-8-7(10)4-13-9(11)14-8/h4,6,15H,2-3,5H2,1H3,(H,12,13,14). The van der Waals surface area contributed by atoms with E-state index >= 15 is 0 Å². The molecule has 0 spiro atoms. The summed E-state index contributed by atoms with van der Waals surface area (Å²) in [6.07, 6.45) is 1.45. The van der Waals surface area contributed by atoms with Gasteiger partial charge in [-0.1, -0.05) is 11.6 Å². The minimum atomic E-state index is -0.506. The Hall–Kier alpha value is -0.620. The molecule has 1 rings (SSSR count). The molecule has 2 N–H and O–H groups in total. The predicted molar refractivity (Wildman–Crippen MR) is 63.0 cm³/mol. The second kappa shape index (κ2) is 6.85. The number of aliphatic hydroxyl groups is 1. The van der Waals surface area contributed by atoms with E-state index in [9.17, 15) is 5.11 Å². The van der Waals surface area contributed by atoms with Crippen LogP contribution in [0.25, 0.3) is 0 Å². The zero-order valence-electron chi connectivity index (χ0n) is 8.78. The third kappa shape index (κ3) is 4.49. The first-order valence-electron chi connectivity index (χ1n) is 4.72. The van der Waals surface area contributed by atoms with Gasteiger partial charge in [0.1, 0.15) is 10.8 Å². The second-order valence-electron chi connectivity index (χ2n) is 3.16. The molecule has 1 aromatic rings. The van der Waals surface area contributed by atoms with Gasteiger partial charge in [-0.3, -0.25) is 0 Å². The van der Waals surface area contributed by atoms with Crippen molar-refractivity contribution in [1.29, 1.82) is 0 Å². The molecule has 0 saturated carbocycles. The number of hydrogen-bond donors (Lipinski definition) is 2. The summed E-state index contributed by atoms with van der Waals surface area (Å²) in [6, 6.07) is 0. The van der Waals surface area contributed by atoms with Crippen LogP contribution in [0.4, 0.5) is 5.82 Å². The highest BCUT2D eigenvalue weighted by Gasteiger charge is 2.06. The third-order valence-corrected chi connectivity index (χ3v) is 2.30. The molecular formula is C9H13Cl2N3O2. The van der Waals surface area contributed by atoms with E-state index < -0.39 is 6.10 Å². The van der Waals surface area contributed by atoms with Gasteiger partial charge in [-0.15, -0.1) is 0 Å². The van der Waals surface area contributed by atoms with Gasteiger partial charge in [0.25, 0.3) is 0 Å². The van der Waals surface area contributed by atoms with Gasteiger partial charge in [-0.25, -0.2) is 4.98 Å². The molecular weight excluding hydrogens is 253 g/mol. The number of anilines is 1. The highest BCUT2D eigenvalue weighted by atomic mass is 35.5. The lowest BCUT2D eigenvalue weighted by atomic mass is 10.2. The molecule has 1 unspecified atom stereocenters. The Morgan fingerprint density at radius 3 is 3.00 bits per heavy atom. The SMILES string of the molecule is COCC(O)CCNc1nc(Cl)ncc1Cl. The van der Waals surface area contributed by atoms with Crippen molar-refractivity contribution in [2.24, 2.45) is 0 Å². The van der Waals surface area contributed by atoms with Crippen molar-refractivity contribution in [3.63, 3.8) is 0 Å². The maximum absolute atomic E-state index is 9.39. The topological polar surface area (TPSA) is 67.3 Å². The monoisotopic (exact) mass is 265 g/mol. The highest BCUT2D eigenvalue weighted by molar-refractivity contribution is 6.33. The Kier molecular flexibility index (Phi) is 5.76. The van der Waals surface area contributed by atoms with Crippen molar-refractivity contribution in [3.8, 4) is 0 Å². The van der Waals surface area contributed by atoms with Crippen LogP contribution >= 0.6 is 23.2 Å². The minimum Gasteiger partial charge on any atom is -0.391 e. The van der Waals surface area contributed by atoms with Gasteiger partial charge in [0.15, 0.2) is 0 Å². The fourth-order valence-electron chi connectivity index (χ4n) is 1.10. The maximum Gasteiger partial charge on any atom is 0.224 e. The molecule has 0 bridgehead atoms. The Labute approximate surface area is 104 Å². The zero-order valence-corrected chi connectivity index (χ0v) is 10.3. The number of rotatable bonds is 6. The molecule has 0 saturated heterocycles. The van der Waals surface area contributed by atoms with Crippen LogP contribution in [0.15, 0.2) is 6.20 Å². The smallest absolute Gasteiger partial charge is 0.224 e. The van der Waals surface area contributed by atoms with Crippen molar-refractivity contribution >= 4 is 29.0 Å². The molecule has 0 amide bonds. The van der Waals surface area contributed by atoms with Gasteiger partial charge < -0.3 is 15.2 Å².